The Morgan fingerprint density at radius 3 is 2.24 bits per heavy atom. The zero-order valence-electron chi connectivity index (χ0n) is 13.4. The first-order valence-electron chi connectivity index (χ1n) is 6.73. The van der Waals surface area contributed by atoms with Crippen LogP contribution in [-0.2, 0) is 0 Å². The largest absolute Gasteiger partial charge is 0.508 e. The Bertz CT molecular complexity index is 533. The third-order valence-corrected chi connectivity index (χ3v) is 2.28. The molecule has 0 unspecified atom stereocenters. The summed E-state index contributed by atoms with van der Waals surface area (Å²) in [5, 5.41) is 17.5. The summed E-state index contributed by atoms with van der Waals surface area (Å²) in [6, 6.07) is 6.10. The van der Waals surface area contributed by atoms with E-state index in [0.29, 0.717) is 5.56 Å². The van der Waals surface area contributed by atoms with Crippen LogP contribution in [0.1, 0.15) is 40.2 Å². The van der Waals surface area contributed by atoms with Crippen molar-refractivity contribution >= 4 is 11.6 Å². The number of phenolic OH excluding ortho intramolecular Hbond substituents is 1. The highest BCUT2D eigenvalue weighted by molar-refractivity contribution is 6.31. The minimum Gasteiger partial charge on any atom is -0.508 e. The fourth-order valence-electron chi connectivity index (χ4n) is 1.28. The summed E-state index contributed by atoms with van der Waals surface area (Å²) in [6.45, 7) is 13.8. The van der Waals surface area contributed by atoms with Gasteiger partial charge in [-0.15, -0.1) is 0 Å². The molecule has 1 aromatic carbocycles. The lowest BCUT2D eigenvalue weighted by Crippen LogP contribution is -1.74. The molecule has 3 heteroatoms. The summed E-state index contributed by atoms with van der Waals surface area (Å²) in [7, 11) is 0. The van der Waals surface area contributed by atoms with Crippen molar-refractivity contribution in [2.24, 2.45) is 0 Å². The van der Waals surface area contributed by atoms with Crippen LogP contribution in [0, 0.1) is 11.3 Å². The molecule has 0 aliphatic carbocycles. The first-order valence-corrected chi connectivity index (χ1v) is 7.11. The lowest BCUT2D eigenvalue weighted by molar-refractivity contribution is 0.475. The second-order valence-corrected chi connectivity index (χ2v) is 4.55. The molecule has 2 nitrogen and oxygen atoms in total. The molecule has 0 bridgehead atoms. The van der Waals surface area contributed by atoms with Gasteiger partial charge in [-0.2, -0.15) is 5.26 Å². The molecule has 1 N–H and O–H groups in total. The fraction of sp³-hybridized carbons (Fsp3) is 0.278. The number of nitrogens with zero attached hydrogens (tertiary/aromatic N) is 1. The first kappa shape index (κ1) is 21.3. The topological polar surface area (TPSA) is 44.0 Å². The molecule has 1 aromatic rings. The molecular formula is C18H24ClNO. The van der Waals surface area contributed by atoms with Gasteiger partial charge in [0.1, 0.15) is 11.8 Å². The van der Waals surface area contributed by atoms with E-state index < -0.39 is 0 Å². The molecule has 0 heterocycles. The fourth-order valence-corrected chi connectivity index (χ4v) is 1.50. The zero-order chi connectivity index (χ0) is 16.8. The molecule has 0 aromatic heterocycles. The summed E-state index contributed by atoms with van der Waals surface area (Å²) in [6.07, 6.45) is 5.92. The van der Waals surface area contributed by atoms with Gasteiger partial charge in [0.05, 0.1) is 10.6 Å². The number of hydrogen-bond donors (Lipinski definition) is 1. The molecule has 0 aliphatic heterocycles. The lowest BCUT2D eigenvalue weighted by atomic mass is 10.2. The SMILES string of the molecule is C=C/C=C(/C)C=C(C)C.CC.N#Cc1ccc(O)cc1Cl. The molecule has 114 valence electrons. The predicted molar refractivity (Wildman–Crippen MR) is 92.6 cm³/mol. The average Bonchev–Trinajstić information content (AvgIpc) is 2.41. The molecular weight excluding hydrogens is 282 g/mol. The molecule has 0 radical (unpaired) electrons. The van der Waals surface area contributed by atoms with Gasteiger partial charge in [0.2, 0.25) is 0 Å². The van der Waals surface area contributed by atoms with Crippen LogP contribution in [-0.4, -0.2) is 5.11 Å². The number of aromatic hydroxyl groups is 1. The number of benzene rings is 1. The van der Waals surface area contributed by atoms with Crippen molar-refractivity contribution in [3.8, 4) is 11.8 Å². The molecule has 0 saturated carbocycles. The van der Waals surface area contributed by atoms with Gasteiger partial charge in [0.25, 0.3) is 0 Å². The van der Waals surface area contributed by atoms with E-state index in [1.165, 1.54) is 29.3 Å². The highest BCUT2D eigenvalue weighted by Gasteiger charge is 1.97. The van der Waals surface area contributed by atoms with E-state index in [2.05, 4.69) is 33.4 Å². The summed E-state index contributed by atoms with van der Waals surface area (Å²) in [5.74, 6) is 0.0731. The van der Waals surface area contributed by atoms with Gasteiger partial charge in [0.15, 0.2) is 0 Å². The number of halogens is 1. The second kappa shape index (κ2) is 13.0. The Hall–Kier alpha value is -1.98. The van der Waals surface area contributed by atoms with Gasteiger partial charge in [0, 0.05) is 0 Å². The van der Waals surface area contributed by atoms with Crippen molar-refractivity contribution in [1.82, 2.24) is 0 Å². The molecule has 0 atom stereocenters. The van der Waals surface area contributed by atoms with Gasteiger partial charge in [-0.3, -0.25) is 0 Å². The molecule has 0 saturated heterocycles. The number of allylic oxidation sites excluding steroid dienone is 5. The Balaban J connectivity index is 0. The van der Waals surface area contributed by atoms with E-state index in [9.17, 15) is 0 Å². The van der Waals surface area contributed by atoms with E-state index in [-0.39, 0.29) is 10.8 Å². The van der Waals surface area contributed by atoms with Crippen molar-refractivity contribution in [2.75, 3.05) is 0 Å². The number of rotatable bonds is 2. The molecule has 21 heavy (non-hydrogen) atoms. The second-order valence-electron chi connectivity index (χ2n) is 4.14. The standard InChI is InChI=1S/C9H14.C7H4ClNO.C2H6/c1-5-6-9(4)7-8(2)3;8-7-3-6(10)2-1-5(7)4-9;1-2/h5-7H,1H2,2-4H3;1-3,10H;1-2H3/b9-6-;;. The smallest absolute Gasteiger partial charge is 0.117 e. The minimum absolute atomic E-state index is 0.0731. The maximum Gasteiger partial charge on any atom is 0.117 e. The van der Waals surface area contributed by atoms with Crippen LogP contribution in [0.25, 0.3) is 0 Å². The van der Waals surface area contributed by atoms with Crippen LogP contribution in [0.3, 0.4) is 0 Å². The van der Waals surface area contributed by atoms with E-state index in [0.717, 1.165) is 0 Å². The van der Waals surface area contributed by atoms with Gasteiger partial charge < -0.3 is 5.11 Å². The highest BCUT2D eigenvalue weighted by atomic mass is 35.5. The molecule has 0 amide bonds. The summed E-state index contributed by atoms with van der Waals surface area (Å²) < 4.78 is 0. The normalized spacial score (nSPS) is 9.10. The molecule has 0 fully saturated rings. The van der Waals surface area contributed by atoms with Crippen molar-refractivity contribution in [3.63, 3.8) is 0 Å². The Morgan fingerprint density at radius 1 is 1.29 bits per heavy atom. The van der Waals surface area contributed by atoms with Crippen LogP contribution < -0.4 is 0 Å². The Morgan fingerprint density at radius 2 is 1.86 bits per heavy atom. The maximum atomic E-state index is 8.84. The van der Waals surface area contributed by atoms with Crippen LogP contribution in [0.4, 0.5) is 0 Å². The summed E-state index contributed by atoms with van der Waals surface area (Å²) in [4.78, 5) is 0. The Labute approximate surface area is 133 Å². The van der Waals surface area contributed by atoms with Crippen molar-refractivity contribution in [2.45, 2.75) is 34.6 Å². The molecule has 0 aliphatic rings. The number of hydrogen-bond acceptors (Lipinski definition) is 2. The first-order chi connectivity index (χ1) is 9.90. The van der Waals surface area contributed by atoms with Crippen molar-refractivity contribution in [1.29, 1.82) is 5.26 Å². The third kappa shape index (κ3) is 11.5. The zero-order valence-corrected chi connectivity index (χ0v) is 14.2. The Kier molecular flexibility index (Phi) is 13.2. The van der Waals surface area contributed by atoms with Gasteiger partial charge in [-0.1, -0.05) is 61.4 Å². The van der Waals surface area contributed by atoms with E-state index >= 15 is 0 Å². The number of phenols is 1. The van der Waals surface area contributed by atoms with Crippen LogP contribution >= 0.6 is 11.6 Å². The van der Waals surface area contributed by atoms with Crippen molar-refractivity contribution in [3.05, 3.63) is 64.7 Å². The van der Waals surface area contributed by atoms with Gasteiger partial charge >= 0.3 is 0 Å². The monoisotopic (exact) mass is 305 g/mol. The highest BCUT2D eigenvalue weighted by Crippen LogP contribution is 2.20. The quantitative estimate of drug-likeness (QED) is 0.678. The summed E-state index contributed by atoms with van der Waals surface area (Å²) in [5.41, 5.74) is 2.95. The molecule has 0 spiro atoms. The lowest BCUT2D eigenvalue weighted by Gasteiger charge is -1.93. The van der Waals surface area contributed by atoms with E-state index in [4.69, 9.17) is 22.0 Å². The third-order valence-electron chi connectivity index (χ3n) is 1.97. The van der Waals surface area contributed by atoms with E-state index in [1.54, 1.807) is 6.08 Å². The summed E-state index contributed by atoms with van der Waals surface area (Å²) >= 11 is 5.55. The maximum absolute atomic E-state index is 8.84. The minimum atomic E-state index is 0.0731. The number of nitriles is 1. The van der Waals surface area contributed by atoms with Crippen LogP contribution in [0.2, 0.25) is 5.02 Å². The average molecular weight is 306 g/mol. The van der Waals surface area contributed by atoms with Gasteiger partial charge in [-0.05, 0) is 39.0 Å². The van der Waals surface area contributed by atoms with Crippen molar-refractivity contribution < 1.29 is 5.11 Å². The predicted octanol–water partition coefficient (Wildman–Crippen LogP) is 6.03. The van der Waals surface area contributed by atoms with E-state index in [1.807, 2.05) is 26.0 Å². The van der Waals surface area contributed by atoms with Crippen LogP contribution in [0.5, 0.6) is 5.75 Å². The van der Waals surface area contributed by atoms with Gasteiger partial charge in [-0.25, -0.2) is 0 Å². The van der Waals surface area contributed by atoms with Crippen LogP contribution in [0.15, 0.2) is 54.2 Å². The molecule has 1 rings (SSSR count).